The van der Waals surface area contributed by atoms with Crippen LogP contribution in [-0.2, 0) is 32.1 Å². The number of carbonyl (C=O) groups excluding carboxylic acids is 3. The van der Waals surface area contributed by atoms with Crippen molar-refractivity contribution in [3.63, 3.8) is 0 Å². The Hall–Kier alpha value is -3.82. The van der Waals surface area contributed by atoms with Crippen LogP contribution < -0.4 is 16.0 Å². The van der Waals surface area contributed by atoms with Crippen molar-refractivity contribution < 1.29 is 24.2 Å². The van der Waals surface area contributed by atoms with Crippen LogP contribution in [0.3, 0.4) is 0 Å². The number of amidine groups is 1. The van der Waals surface area contributed by atoms with Crippen molar-refractivity contribution in [1.82, 2.24) is 0 Å². The molecule has 9 nitrogen and oxygen atoms in total. The summed E-state index contributed by atoms with van der Waals surface area (Å²) in [7, 11) is 0. The maximum atomic E-state index is 13.1. The summed E-state index contributed by atoms with van der Waals surface area (Å²) in [5.41, 5.74) is 10.3. The van der Waals surface area contributed by atoms with E-state index in [0.29, 0.717) is 23.8 Å². The molecule has 5 rings (SSSR count). The van der Waals surface area contributed by atoms with Gasteiger partial charge >= 0.3 is 0 Å². The number of hydrogen-bond acceptors (Lipinski definition) is 7. The van der Waals surface area contributed by atoms with Gasteiger partial charge in [-0.15, -0.1) is 0 Å². The standard InChI is InChI=1S/C24H22N4O5/c25-22-19-6-3-16(9-15(19)12-26-22)27-23(31)20(30)21-24(32)28(7-8-33-21)17-4-1-13-2-5-18(29)11-14(13)10-17/h1-6,9-10,20-21,30H,7-8,11-12H2,(H2,25,26)(H,27,31)/t20-,21-/m1/s1. The number of aliphatic imine (C=N–C) groups is 1. The number of ketones is 1. The second kappa shape index (κ2) is 8.27. The molecule has 0 radical (unpaired) electrons. The number of hydrogen-bond donors (Lipinski definition) is 3. The lowest BCUT2D eigenvalue weighted by Gasteiger charge is -2.34. The van der Waals surface area contributed by atoms with Gasteiger partial charge in [0.05, 0.1) is 13.2 Å². The Kier molecular flexibility index (Phi) is 5.27. The first-order chi connectivity index (χ1) is 15.9. The fourth-order valence-electron chi connectivity index (χ4n) is 4.26. The Morgan fingerprint density at radius 1 is 1.18 bits per heavy atom. The van der Waals surface area contributed by atoms with Crippen LogP contribution in [0, 0.1) is 0 Å². The minimum atomic E-state index is -1.70. The molecule has 2 heterocycles. The highest BCUT2D eigenvalue weighted by molar-refractivity contribution is 6.05. The van der Waals surface area contributed by atoms with Gasteiger partial charge in [-0.05, 0) is 53.1 Å². The number of nitrogens with two attached hydrogens (primary N) is 1. The summed E-state index contributed by atoms with van der Waals surface area (Å²) in [4.78, 5) is 43.2. The monoisotopic (exact) mass is 446 g/mol. The van der Waals surface area contributed by atoms with Crippen LogP contribution in [0.15, 0.2) is 47.5 Å². The molecule has 9 heteroatoms. The van der Waals surface area contributed by atoms with E-state index in [-0.39, 0.29) is 25.4 Å². The van der Waals surface area contributed by atoms with Gasteiger partial charge in [-0.3, -0.25) is 19.4 Å². The molecule has 0 spiro atoms. The molecule has 33 heavy (non-hydrogen) atoms. The van der Waals surface area contributed by atoms with Gasteiger partial charge < -0.3 is 25.8 Å². The smallest absolute Gasteiger partial charge is 0.259 e. The Bertz CT molecular complexity index is 1240. The number of nitrogens with zero attached hydrogens (tertiary/aromatic N) is 2. The van der Waals surface area contributed by atoms with Gasteiger partial charge in [-0.1, -0.05) is 12.1 Å². The topological polar surface area (TPSA) is 134 Å². The number of fused-ring (bicyclic) bond motifs is 2. The highest BCUT2D eigenvalue weighted by Crippen LogP contribution is 2.27. The summed E-state index contributed by atoms with van der Waals surface area (Å²) in [6.07, 6.45) is 0.518. The maximum absolute atomic E-state index is 13.1. The van der Waals surface area contributed by atoms with Gasteiger partial charge in [0.15, 0.2) is 18.0 Å². The number of aliphatic hydroxyl groups is 1. The zero-order valence-electron chi connectivity index (χ0n) is 17.7. The molecule has 2 aromatic carbocycles. The third-order valence-corrected chi connectivity index (χ3v) is 6.00. The normalized spacial score (nSPS) is 20.2. The SMILES string of the molecule is NC1=NCc2cc(NC(=O)[C@H](O)[C@H]3OCCN(c4ccc5c(c4)CC(=O)C=C5)C3=O)ccc21. The number of aliphatic hydroxyl groups excluding tert-OH is 1. The first kappa shape index (κ1) is 21.0. The molecule has 1 saturated heterocycles. The highest BCUT2D eigenvalue weighted by atomic mass is 16.5. The molecule has 2 aliphatic heterocycles. The minimum absolute atomic E-state index is 0.00118. The summed E-state index contributed by atoms with van der Waals surface area (Å²) in [6, 6.07) is 10.6. The van der Waals surface area contributed by atoms with E-state index >= 15 is 0 Å². The van der Waals surface area contributed by atoms with E-state index in [2.05, 4.69) is 10.3 Å². The van der Waals surface area contributed by atoms with Crippen LogP contribution in [0.2, 0.25) is 0 Å². The molecule has 1 fully saturated rings. The predicted octanol–water partition coefficient (Wildman–Crippen LogP) is 0.775. The van der Waals surface area contributed by atoms with Crippen molar-refractivity contribution in [3.05, 3.63) is 64.7 Å². The molecule has 2 amide bonds. The lowest BCUT2D eigenvalue weighted by molar-refractivity contribution is -0.150. The van der Waals surface area contributed by atoms with E-state index in [1.165, 1.54) is 11.0 Å². The van der Waals surface area contributed by atoms with Crippen LogP contribution in [0.5, 0.6) is 0 Å². The molecule has 0 bridgehead atoms. The minimum Gasteiger partial charge on any atom is -0.383 e. The molecule has 3 aliphatic rings. The van der Waals surface area contributed by atoms with Crippen molar-refractivity contribution in [3.8, 4) is 0 Å². The summed E-state index contributed by atoms with van der Waals surface area (Å²) < 4.78 is 5.48. The van der Waals surface area contributed by atoms with E-state index in [1.54, 1.807) is 36.4 Å². The van der Waals surface area contributed by atoms with E-state index in [9.17, 15) is 19.5 Å². The van der Waals surface area contributed by atoms with Crippen molar-refractivity contribution in [2.24, 2.45) is 10.7 Å². The molecule has 0 saturated carbocycles. The van der Waals surface area contributed by atoms with Crippen LogP contribution in [0.25, 0.3) is 6.08 Å². The molecule has 2 aromatic rings. The van der Waals surface area contributed by atoms with Gasteiger partial charge in [0.1, 0.15) is 5.84 Å². The molecule has 0 aromatic heterocycles. The van der Waals surface area contributed by atoms with Crippen molar-refractivity contribution in [1.29, 1.82) is 0 Å². The van der Waals surface area contributed by atoms with Gasteiger partial charge in [-0.2, -0.15) is 0 Å². The number of allylic oxidation sites excluding steroid dienone is 1. The van der Waals surface area contributed by atoms with Gasteiger partial charge in [0.2, 0.25) is 0 Å². The molecule has 4 N–H and O–H groups in total. The van der Waals surface area contributed by atoms with Gasteiger partial charge in [0, 0.05) is 29.9 Å². The average molecular weight is 446 g/mol. The summed E-state index contributed by atoms with van der Waals surface area (Å²) in [5.74, 6) is -0.814. The van der Waals surface area contributed by atoms with Crippen LogP contribution in [0.4, 0.5) is 11.4 Å². The Morgan fingerprint density at radius 3 is 2.88 bits per heavy atom. The zero-order chi connectivity index (χ0) is 23.1. The third-order valence-electron chi connectivity index (χ3n) is 6.00. The first-order valence-corrected chi connectivity index (χ1v) is 10.6. The third kappa shape index (κ3) is 3.92. The maximum Gasteiger partial charge on any atom is 0.259 e. The number of ether oxygens (including phenoxy) is 1. The summed E-state index contributed by atoms with van der Waals surface area (Å²) in [5, 5.41) is 13.2. The number of amides is 2. The van der Waals surface area contributed by atoms with Gasteiger partial charge in [-0.25, -0.2) is 0 Å². The molecular formula is C24H22N4O5. The number of nitrogens with one attached hydrogen (secondary N) is 1. The lowest BCUT2D eigenvalue weighted by Crippen LogP contribution is -2.55. The molecule has 168 valence electrons. The second-order valence-corrected chi connectivity index (χ2v) is 8.15. The summed E-state index contributed by atoms with van der Waals surface area (Å²) in [6.45, 7) is 0.861. The largest absolute Gasteiger partial charge is 0.383 e. The number of benzene rings is 2. The Labute approximate surface area is 189 Å². The van der Waals surface area contributed by atoms with E-state index in [4.69, 9.17) is 10.5 Å². The fraction of sp³-hybridized carbons (Fsp3) is 0.250. The van der Waals surface area contributed by atoms with Crippen molar-refractivity contribution in [2.45, 2.75) is 25.2 Å². The number of anilines is 2. The second-order valence-electron chi connectivity index (χ2n) is 8.15. The van der Waals surface area contributed by atoms with Crippen LogP contribution in [0.1, 0.15) is 22.3 Å². The molecule has 0 unspecified atom stereocenters. The average Bonchev–Trinajstić information content (AvgIpc) is 3.18. The van der Waals surface area contributed by atoms with Crippen LogP contribution in [-0.4, -0.2) is 53.9 Å². The predicted molar refractivity (Wildman–Crippen MR) is 122 cm³/mol. The molecule has 2 atom stereocenters. The Morgan fingerprint density at radius 2 is 2.03 bits per heavy atom. The quantitative estimate of drug-likeness (QED) is 0.635. The van der Waals surface area contributed by atoms with Crippen molar-refractivity contribution >= 4 is 40.9 Å². The van der Waals surface area contributed by atoms with E-state index < -0.39 is 24.0 Å². The fourth-order valence-corrected chi connectivity index (χ4v) is 4.26. The van der Waals surface area contributed by atoms with Crippen molar-refractivity contribution in [2.75, 3.05) is 23.4 Å². The lowest BCUT2D eigenvalue weighted by atomic mass is 9.95. The number of morpholine rings is 1. The Balaban J connectivity index is 1.30. The number of carbonyl (C=O) groups is 3. The zero-order valence-corrected chi connectivity index (χ0v) is 17.7. The highest BCUT2D eigenvalue weighted by Gasteiger charge is 2.39. The molecule has 1 aliphatic carbocycles. The summed E-state index contributed by atoms with van der Waals surface area (Å²) >= 11 is 0. The van der Waals surface area contributed by atoms with Gasteiger partial charge in [0.25, 0.3) is 11.8 Å². The van der Waals surface area contributed by atoms with Crippen LogP contribution >= 0.6 is 0 Å². The first-order valence-electron chi connectivity index (χ1n) is 10.6. The number of rotatable bonds is 4. The molecular weight excluding hydrogens is 424 g/mol. The van der Waals surface area contributed by atoms with E-state index in [1.807, 2.05) is 6.07 Å². The van der Waals surface area contributed by atoms with E-state index in [0.717, 1.165) is 22.3 Å².